The molecular formula is C11H14BrClN2. The molecule has 15 heavy (non-hydrogen) atoms. The lowest BCUT2D eigenvalue weighted by atomic mass is 10.2. The lowest BCUT2D eigenvalue weighted by Gasteiger charge is -2.24. The molecule has 2 nitrogen and oxygen atoms in total. The Balaban J connectivity index is 2.34. The maximum absolute atomic E-state index is 5.94. The van der Waals surface area contributed by atoms with Crippen LogP contribution in [-0.4, -0.2) is 17.6 Å². The fourth-order valence-corrected chi connectivity index (χ4v) is 2.65. The second-order valence-electron chi connectivity index (χ2n) is 3.95. The van der Waals surface area contributed by atoms with Crippen LogP contribution in [0.15, 0.2) is 16.7 Å². The van der Waals surface area contributed by atoms with Gasteiger partial charge in [0.2, 0.25) is 0 Å². The van der Waals surface area contributed by atoms with E-state index in [0.29, 0.717) is 11.9 Å². The summed E-state index contributed by atoms with van der Waals surface area (Å²) in [7, 11) is 0. The topological polar surface area (TPSA) is 16.1 Å². The minimum Gasteiger partial charge on any atom is -0.354 e. The molecule has 1 unspecified atom stereocenters. The monoisotopic (exact) mass is 288 g/mol. The lowest BCUT2D eigenvalue weighted by Crippen LogP contribution is -2.28. The molecule has 0 spiro atoms. The molecule has 1 saturated heterocycles. The van der Waals surface area contributed by atoms with Gasteiger partial charge in [0.15, 0.2) is 0 Å². The molecule has 0 radical (unpaired) electrons. The average molecular weight is 290 g/mol. The summed E-state index contributed by atoms with van der Waals surface area (Å²) >= 11 is 9.36. The van der Waals surface area contributed by atoms with Crippen molar-refractivity contribution in [1.82, 2.24) is 4.98 Å². The largest absolute Gasteiger partial charge is 0.354 e. The Labute approximate surface area is 104 Å². The molecule has 1 aromatic heterocycles. The van der Waals surface area contributed by atoms with Crippen LogP contribution in [0.25, 0.3) is 0 Å². The van der Waals surface area contributed by atoms with E-state index >= 15 is 0 Å². The number of nitrogens with zero attached hydrogens (tertiary/aromatic N) is 2. The molecule has 2 heterocycles. The Hall–Kier alpha value is -0.280. The molecule has 1 aromatic rings. The number of hydrogen-bond acceptors (Lipinski definition) is 2. The van der Waals surface area contributed by atoms with Crippen molar-refractivity contribution in [2.75, 3.05) is 11.4 Å². The van der Waals surface area contributed by atoms with Crippen LogP contribution in [-0.2, 0) is 5.88 Å². The first-order valence-electron chi connectivity index (χ1n) is 5.19. The van der Waals surface area contributed by atoms with Crippen LogP contribution in [0.2, 0.25) is 0 Å². The fraction of sp³-hybridized carbons (Fsp3) is 0.545. The zero-order valence-electron chi connectivity index (χ0n) is 8.71. The van der Waals surface area contributed by atoms with Gasteiger partial charge in [-0.2, -0.15) is 0 Å². The highest BCUT2D eigenvalue weighted by atomic mass is 79.9. The molecule has 0 bridgehead atoms. The minimum atomic E-state index is 0.519. The number of rotatable bonds is 2. The van der Waals surface area contributed by atoms with E-state index in [2.05, 4.69) is 38.8 Å². The van der Waals surface area contributed by atoms with Gasteiger partial charge in [-0.3, -0.25) is 0 Å². The third-order valence-electron chi connectivity index (χ3n) is 2.88. The minimum absolute atomic E-state index is 0.519. The number of hydrogen-bond donors (Lipinski definition) is 0. The van der Waals surface area contributed by atoms with Gasteiger partial charge in [-0.05, 0) is 41.8 Å². The Morgan fingerprint density at radius 1 is 1.67 bits per heavy atom. The molecule has 1 atom stereocenters. The van der Waals surface area contributed by atoms with E-state index in [1.54, 1.807) is 0 Å². The molecule has 4 heteroatoms. The molecule has 0 amide bonds. The number of aromatic nitrogens is 1. The first kappa shape index (κ1) is 11.2. The van der Waals surface area contributed by atoms with Crippen LogP contribution in [0.1, 0.15) is 25.3 Å². The first-order valence-corrected chi connectivity index (χ1v) is 6.52. The standard InChI is InChI=1S/C11H14BrClN2/c1-8-3-2-4-15(8)11-9(6-13)5-10(12)7-14-11/h5,7-8H,2-4,6H2,1H3. The van der Waals surface area contributed by atoms with Gasteiger partial charge in [0.1, 0.15) is 5.82 Å². The molecule has 0 aliphatic carbocycles. The van der Waals surface area contributed by atoms with Crippen molar-refractivity contribution < 1.29 is 0 Å². The van der Waals surface area contributed by atoms with Crippen molar-refractivity contribution in [2.45, 2.75) is 31.7 Å². The molecule has 82 valence electrons. The Morgan fingerprint density at radius 2 is 2.47 bits per heavy atom. The Morgan fingerprint density at radius 3 is 3.07 bits per heavy atom. The van der Waals surface area contributed by atoms with Crippen molar-refractivity contribution in [3.8, 4) is 0 Å². The molecule has 0 aromatic carbocycles. The van der Waals surface area contributed by atoms with Gasteiger partial charge in [-0.15, -0.1) is 11.6 Å². The summed E-state index contributed by atoms with van der Waals surface area (Å²) < 4.78 is 0.994. The zero-order chi connectivity index (χ0) is 10.8. The predicted octanol–water partition coefficient (Wildman–Crippen LogP) is 3.57. The van der Waals surface area contributed by atoms with Crippen LogP contribution in [0, 0.1) is 0 Å². The van der Waals surface area contributed by atoms with Crippen molar-refractivity contribution in [3.05, 3.63) is 22.3 Å². The third kappa shape index (κ3) is 2.28. The number of alkyl halides is 1. The van der Waals surface area contributed by atoms with Crippen LogP contribution in [0.4, 0.5) is 5.82 Å². The van der Waals surface area contributed by atoms with Crippen LogP contribution in [0.5, 0.6) is 0 Å². The predicted molar refractivity (Wildman–Crippen MR) is 67.5 cm³/mol. The fourth-order valence-electron chi connectivity index (χ4n) is 2.08. The summed E-state index contributed by atoms with van der Waals surface area (Å²) in [6, 6.07) is 2.64. The number of anilines is 1. The van der Waals surface area contributed by atoms with Gasteiger partial charge < -0.3 is 4.90 Å². The average Bonchev–Trinajstić information content (AvgIpc) is 2.64. The van der Waals surface area contributed by atoms with Crippen molar-refractivity contribution in [3.63, 3.8) is 0 Å². The Bertz CT molecular complexity index is 356. The summed E-state index contributed by atoms with van der Waals surface area (Å²) in [5.74, 6) is 1.57. The molecule has 1 aliphatic rings. The van der Waals surface area contributed by atoms with E-state index in [1.807, 2.05) is 6.20 Å². The van der Waals surface area contributed by atoms with Gasteiger partial charge in [0, 0.05) is 28.8 Å². The van der Waals surface area contributed by atoms with Gasteiger partial charge in [0.25, 0.3) is 0 Å². The number of pyridine rings is 1. The molecule has 0 saturated carbocycles. The first-order chi connectivity index (χ1) is 7.22. The van der Waals surface area contributed by atoms with E-state index in [-0.39, 0.29) is 0 Å². The Kier molecular flexibility index (Phi) is 3.52. The van der Waals surface area contributed by atoms with Gasteiger partial charge >= 0.3 is 0 Å². The smallest absolute Gasteiger partial charge is 0.133 e. The lowest BCUT2D eigenvalue weighted by molar-refractivity contribution is 0.724. The molecule has 1 fully saturated rings. The van der Waals surface area contributed by atoms with Crippen molar-refractivity contribution in [1.29, 1.82) is 0 Å². The van der Waals surface area contributed by atoms with Crippen molar-refractivity contribution in [2.24, 2.45) is 0 Å². The molecule has 0 N–H and O–H groups in total. The molecular weight excluding hydrogens is 275 g/mol. The normalized spacial score (nSPS) is 21.0. The summed E-state index contributed by atoms with van der Waals surface area (Å²) in [4.78, 5) is 6.83. The van der Waals surface area contributed by atoms with Crippen LogP contribution < -0.4 is 4.90 Å². The molecule has 1 aliphatic heterocycles. The van der Waals surface area contributed by atoms with E-state index in [4.69, 9.17) is 11.6 Å². The van der Waals surface area contributed by atoms with Gasteiger partial charge in [0.05, 0.1) is 5.88 Å². The summed E-state index contributed by atoms with van der Waals surface area (Å²) in [6.45, 7) is 3.34. The quantitative estimate of drug-likeness (QED) is 0.774. The second-order valence-corrected chi connectivity index (χ2v) is 5.14. The van der Waals surface area contributed by atoms with Gasteiger partial charge in [-0.1, -0.05) is 0 Å². The third-order valence-corrected chi connectivity index (χ3v) is 3.60. The zero-order valence-corrected chi connectivity index (χ0v) is 11.1. The maximum Gasteiger partial charge on any atom is 0.133 e. The highest BCUT2D eigenvalue weighted by Gasteiger charge is 2.23. The summed E-state index contributed by atoms with van der Waals surface area (Å²) in [5, 5.41) is 0. The maximum atomic E-state index is 5.94. The van der Waals surface area contributed by atoms with E-state index in [9.17, 15) is 0 Å². The van der Waals surface area contributed by atoms with E-state index < -0.39 is 0 Å². The number of halogens is 2. The van der Waals surface area contributed by atoms with E-state index in [0.717, 1.165) is 22.4 Å². The van der Waals surface area contributed by atoms with Gasteiger partial charge in [-0.25, -0.2) is 4.98 Å². The van der Waals surface area contributed by atoms with E-state index in [1.165, 1.54) is 12.8 Å². The highest BCUT2D eigenvalue weighted by molar-refractivity contribution is 9.10. The van der Waals surface area contributed by atoms with Crippen LogP contribution >= 0.6 is 27.5 Å². The van der Waals surface area contributed by atoms with Crippen LogP contribution in [0.3, 0.4) is 0 Å². The highest BCUT2D eigenvalue weighted by Crippen LogP contribution is 2.29. The summed E-state index contributed by atoms with van der Waals surface area (Å²) in [5.41, 5.74) is 1.11. The van der Waals surface area contributed by atoms with Crippen molar-refractivity contribution >= 4 is 33.3 Å². The second kappa shape index (κ2) is 4.71. The summed E-state index contributed by atoms with van der Waals surface area (Å²) in [6.07, 6.45) is 4.34. The molecule has 2 rings (SSSR count). The SMILES string of the molecule is CC1CCCN1c1ncc(Br)cc1CCl.